The molecule has 0 aliphatic carbocycles. The molecule has 0 unspecified atom stereocenters. The second kappa shape index (κ2) is 4.04. The molecular formula is C6H4Br2S2. The fourth-order valence-electron chi connectivity index (χ4n) is 0.570. The van der Waals surface area contributed by atoms with E-state index in [1.165, 1.54) is 10.8 Å². The minimum absolute atomic E-state index is 1.07. The van der Waals surface area contributed by atoms with Crippen molar-refractivity contribution in [3.05, 3.63) is 27.1 Å². The van der Waals surface area contributed by atoms with Gasteiger partial charge in [-0.25, -0.2) is 0 Å². The van der Waals surface area contributed by atoms with Gasteiger partial charge in [-0.15, -0.1) is 11.7 Å². The van der Waals surface area contributed by atoms with E-state index >= 15 is 0 Å². The highest BCUT2D eigenvalue weighted by molar-refractivity contribution is 9.11. The van der Waals surface area contributed by atoms with Crippen LogP contribution in [0, 0.1) is 0 Å². The van der Waals surface area contributed by atoms with Crippen molar-refractivity contribution in [3.8, 4) is 0 Å². The molecule has 1 aromatic carbocycles. The summed E-state index contributed by atoms with van der Waals surface area (Å²) in [5.74, 6) is 0. The van der Waals surface area contributed by atoms with Crippen LogP contribution in [-0.2, 0) is 0 Å². The number of thiol groups is 1. The van der Waals surface area contributed by atoms with Gasteiger partial charge >= 0.3 is 0 Å². The number of hydrogen-bond donors (Lipinski definition) is 1. The molecule has 0 aliphatic rings. The van der Waals surface area contributed by atoms with Crippen molar-refractivity contribution in [2.45, 2.75) is 4.90 Å². The van der Waals surface area contributed by atoms with Crippen LogP contribution in [0.5, 0.6) is 0 Å². The third kappa shape index (κ3) is 1.94. The van der Waals surface area contributed by atoms with Gasteiger partial charge in [-0.2, -0.15) is 0 Å². The van der Waals surface area contributed by atoms with Crippen molar-refractivity contribution in [3.63, 3.8) is 0 Å². The molecule has 0 aliphatic heterocycles. The van der Waals surface area contributed by atoms with Crippen LogP contribution in [0.3, 0.4) is 0 Å². The summed E-state index contributed by atoms with van der Waals surface area (Å²) in [4.78, 5) is 1.12. The molecule has 0 fully saturated rings. The van der Waals surface area contributed by atoms with Gasteiger partial charge in [-0.1, -0.05) is 16.9 Å². The average molecular weight is 300 g/mol. The first-order valence-electron chi connectivity index (χ1n) is 2.51. The summed E-state index contributed by atoms with van der Waals surface area (Å²) in [5.41, 5.74) is 0. The summed E-state index contributed by atoms with van der Waals surface area (Å²) < 4.78 is 2.14. The predicted molar refractivity (Wildman–Crippen MR) is 56.7 cm³/mol. The van der Waals surface area contributed by atoms with E-state index in [1.807, 2.05) is 18.2 Å². The minimum atomic E-state index is 1.07. The second-order valence-electron chi connectivity index (χ2n) is 1.64. The third-order valence-corrected chi connectivity index (χ3v) is 4.03. The molecule has 0 saturated carbocycles. The van der Waals surface area contributed by atoms with Crippen LogP contribution >= 0.6 is 54.3 Å². The molecule has 0 nitrogen and oxygen atoms in total. The van der Waals surface area contributed by atoms with Crippen LogP contribution in [0.2, 0.25) is 0 Å². The maximum Gasteiger partial charge on any atom is 0.0464 e. The number of hydrogen-bond acceptors (Lipinski definition) is 2. The highest BCUT2D eigenvalue weighted by Gasteiger charge is 2.01. The maximum absolute atomic E-state index is 4.11. The van der Waals surface area contributed by atoms with Gasteiger partial charge < -0.3 is 0 Å². The van der Waals surface area contributed by atoms with Crippen LogP contribution in [0.25, 0.3) is 0 Å². The number of halogens is 2. The Labute approximate surface area is 85.8 Å². The zero-order chi connectivity index (χ0) is 7.56. The standard InChI is InChI=1S/C6H4Br2S2/c7-4-2-1-3-5(8)6(4)10-9/h1-3,9H. The molecule has 4 heteroatoms. The Balaban J connectivity index is 3.17. The first kappa shape index (κ1) is 8.97. The molecule has 0 N–H and O–H groups in total. The van der Waals surface area contributed by atoms with E-state index in [4.69, 9.17) is 0 Å². The first-order chi connectivity index (χ1) is 4.75. The Morgan fingerprint density at radius 3 is 2.00 bits per heavy atom. The molecule has 0 aromatic heterocycles. The van der Waals surface area contributed by atoms with Crippen LogP contribution in [0.4, 0.5) is 0 Å². The predicted octanol–water partition coefficient (Wildman–Crippen LogP) is 4.15. The topological polar surface area (TPSA) is 0 Å². The summed E-state index contributed by atoms with van der Waals surface area (Å²) in [6.07, 6.45) is 0. The van der Waals surface area contributed by atoms with E-state index in [9.17, 15) is 0 Å². The molecule has 0 saturated heterocycles. The van der Waals surface area contributed by atoms with Crippen LogP contribution in [-0.4, -0.2) is 0 Å². The van der Waals surface area contributed by atoms with Crippen molar-refractivity contribution in [2.24, 2.45) is 0 Å². The molecule has 0 bridgehead atoms. The van der Waals surface area contributed by atoms with Crippen molar-refractivity contribution in [2.75, 3.05) is 0 Å². The van der Waals surface area contributed by atoms with Gasteiger partial charge in [0.2, 0.25) is 0 Å². The lowest BCUT2D eigenvalue weighted by molar-refractivity contribution is 1.37. The molecule has 0 atom stereocenters. The van der Waals surface area contributed by atoms with E-state index in [-0.39, 0.29) is 0 Å². The number of benzene rings is 1. The molecule has 54 valence electrons. The van der Waals surface area contributed by atoms with Crippen LogP contribution in [0.15, 0.2) is 32.0 Å². The second-order valence-corrected chi connectivity index (χ2v) is 4.49. The largest absolute Gasteiger partial charge is 0.106 e. The van der Waals surface area contributed by atoms with Gasteiger partial charge in [0, 0.05) is 13.8 Å². The fraction of sp³-hybridized carbons (Fsp3) is 0. The van der Waals surface area contributed by atoms with E-state index in [1.54, 1.807) is 0 Å². The lowest BCUT2D eigenvalue weighted by Crippen LogP contribution is -1.72. The molecule has 0 heterocycles. The summed E-state index contributed by atoms with van der Waals surface area (Å²) in [6.45, 7) is 0. The Morgan fingerprint density at radius 1 is 1.20 bits per heavy atom. The van der Waals surface area contributed by atoms with Crippen LogP contribution in [0.1, 0.15) is 0 Å². The van der Waals surface area contributed by atoms with Gasteiger partial charge in [0.05, 0.1) is 0 Å². The Morgan fingerprint density at radius 2 is 1.70 bits per heavy atom. The van der Waals surface area contributed by atoms with Crippen molar-refractivity contribution >= 4 is 54.3 Å². The van der Waals surface area contributed by atoms with Gasteiger partial charge in [0.15, 0.2) is 0 Å². The monoisotopic (exact) mass is 298 g/mol. The van der Waals surface area contributed by atoms with Gasteiger partial charge in [0.25, 0.3) is 0 Å². The van der Waals surface area contributed by atoms with E-state index in [0.717, 1.165) is 13.8 Å². The highest BCUT2D eigenvalue weighted by Crippen LogP contribution is 2.35. The third-order valence-electron chi connectivity index (χ3n) is 1.01. The average Bonchev–Trinajstić information content (AvgIpc) is 1.88. The molecule has 1 rings (SSSR count). The molecule has 0 radical (unpaired) electrons. The number of rotatable bonds is 1. The lowest BCUT2D eigenvalue weighted by Gasteiger charge is -2.00. The normalized spacial score (nSPS) is 9.90. The zero-order valence-electron chi connectivity index (χ0n) is 4.84. The summed E-state index contributed by atoms with van der Waals surface area (Å²) in [7, 11) is 1.42. The van der Waals surface area contributed by atoms with E-state index in [2.05, 4.69) is 43.5 Å². The molecular weight excluding hydrogens is 296 g/mol. The zero-order valence-corrected chi connectivity index (χ0v) is 9.73. The quantitative estimate of drug-likeness (QED) is 0.600. The van der Waals surface area contributed by atoms with E-state index < -0.39 is 0 Å². The Bertz CT molecular complexity index is 217. The summed E-state index contributed by atoms with van der Waals surface area (Å²) in [5, 5.41) is 0. The maximum atomic E-state index is 4.11. The lowest BCUT2D eigenvalue weighted by atomic mass is 10.4. The van der Waals surface area contributed by atoms with Crippen LogP contribution < -0.4 is 0 Å². The van der Waals surface area contributed by atoms with Gasteiger partial charge in [0.1, 0.15) is 0 Å². The SMILES string of the molecule is SSc1c(Br)cccc1Br. The van der Waals surface area contributed by atoms with Crippen molar-refractivity contribution < 1.29 is 0 Å². The summed E-state index contributed by atoms with van der Waals surface area (Å²) in [6, 6.07) is 5.95. The summed E-state index contributed by atoms with van der Waals surface area (Å²) >= 11 is 10.9. The van der Waals surface area contributed by atoms with Crippen molar-refractivity contribution in [1.82, 2.24) is 0 Å². The fourth-order valence-corrected chi connectivity index (χ4v) is 3.70. The van der Waals surface area contributed by atoms with Gasteiger partial charge in [-0.05, 0) is 44.0 Å². The molecule has 10 heavy (non-hydrogen) atoms. The molecule has 1 aromatic rings. The van der Waals surface area contributed by atoms with Crippen molar-refractivity contribution in [1.29, 1.82) is 0 Å². The van der Waals surface area contributed by atoms with Gasteiger partial charge in [-0.3, -0.25) is 0 Å². The molecule has 0 amide bonds. The smallest absolute Gasteiger partial charge is 0.0464 e. The highest BCUT2D eigenvalue weighted by atomic mass is 79.9. The molecule has 0 spiro atoms. The Hall–Kier alpha value is 0.880. The first-order valence-corrected chi connectivity index (χ1v) is 5.96. The minimum Gasteiger partial charge on any atom is -0.106 e. The Kier molecular flexibility index (Phi) is 3.63. The van der Waals surface area contributed by atoms with E-state index in [0.29, 0.717) is 0 Å².